The van der Waals surface area contributed by atoms with Gasteiger partial charge in [0.05, 0.1) is 6.10 Å². The van der Waals surface area contributed by atoms with Gasteiger partial charge in [0, 0.05) is 6.04 Å². The summed E-state index contributed by atoms with van der Waals surface area (Å²) >= 11 is 0. The van der Waals surface area contributed by atoms with Crippen molar-refractivity contribution >= 4 is 11.8 Å². The molecular formula is C16H21FN2O4. The molecule has 0 aromatic heterocycles. The summed E-state index contributed by atoms with van der Waals surface area (Å²) in [6.45, 7) is 1.76. The predicted octanol–water partition coefficient (Wildman–Crippen LogP) is 0.787. The van der Waals surface area contributed by atoms with Gasteiger partial charge in [-0.3, -0.25) is 9.59 Å². The standard InChI is InChI=1S/C16H21FN2O4/c1-9(8-12(20)10-2-4-11(17)5-3-10)19-16(22)14-7-6-13(23-14)15(18)21/h2-5,9,12-14,20H,6-8H2,1H3,(H2,18,21)(H,19,22)/t9-,12+,13+,14-/m1/s1. The second-order valence-corrected chi connectivity index (χ2v) is 5.81. The number of nitrogens with two attached hydrogens (primary N) is 1. The van der Waals surface area contributed by atoms with E-state index in [0.29, 0.717) is 18.4 Å². The SMILES string of the molecule is C[C@H](C[C@H](O)c1ccc(F)cc1)NC(=O)[C@H]1CC[C@@H](C(N)=O)O1. The predicted molar refractivity (Wildman–Crippen MR) is 80.7 cm³/mol. The number of benzene rings is 1. The summed E-state index contributed by atoms with van der Waals surface area (Å²) in [7, 11) is 0. The number of nitrogens with one attached hydrogen (secondary N) is 1. The molecular weight excluding hydrogens is 303 g/mol. The van der Waals surface area contributed by atoms with E-state index < -0.39 is 24.2 Å². The van der Waals surface area contributed by atoms with Gasteiger partial charge in [-0.15, -0.1) is 0 Å². The summed E-state index contributed by atoms with van der Waals surface area (Å²) < 4.78 is 18.2. The number of hydrogen-bond acceptors (Lipinski definition) is 4. The number of aliphatic hydroxyl groups excluding tert-OH is 1. The molecule has 7 heteroatoms. The first-order chi connectivity index (χ1) is 10.9. The number of carbonyl (C=O) groups excluding carboxylic acids is 2. The Bertz CT molecular complexity index is 564. The Kier molecular flexibility index (Phi) is 5.68. The fourth-order valence-corrected chi connectivity index (χ4v) is 2.59. The molecule has 0 bridgehead atoms. The highest BCUT2D eigenvalue weighted by molar-refractivity contribution is 5.84. The number of carbonyl (C=O) groups is 2. The topological polar surface area (TPSA) is 102 Å². The zero-order valence-corrected chi connectivity index (χ0v) is 12.9. The molecule has 1 heterocycles. The Hall–Kier alpha value is -1.99. The van der Waals surface area contributed by atoms with Crippen molar-refractivity contribution in [1.82, 2.24) is 5.32 Å². The molecule has 0 spiro atoms. The Balaban J connectivity index is 1.82. The molecule has 1 saturated heterocycles. The van der Waals surface area contributed by atoms with Crippen LogP contribution >= 0.6 is 0 Å². The van der Waals surface area contributed by atoms with Gasteiger partial charge in [0.25, 0.3) is 0 Å². The molecule has 126 valence electrons. The van der Waals surface area contributed by atoms with E-state index in [4.69, 9.17) is 10.5 Å². The first kappa shape index (κ1) is 17.4. The van der Waals surface area contributed by atoms with Crippen molar-refractivity contribution in [1.29, 1.82) is 0 Å². The third-order valence-electron chi connectivity index (χ3n) is 3.85. The lowest BCUT2D eigenvalue weighted by molar-refractivity contribution is -0.138. The summed E-state index contributed by atoms with van der Waals surface area (Å²) in [5.41, 5.74) is 5.73. The number of halogens is 1. The Morgan fingerprint density at radius 1 is 1.35 bits per heavy atom. The summed E-state index contributed by atoms with van der Waals surface area (Å²) in [5, 5.41) is 12.9. The quantitative estimate of drug-likeness (QED) is 0.720. The van der Waals surface area contributed by atoms with E-state index in [9.17, 15) is 19.1 Å². The average molecular weight is 324 g/mol. The highest BCUT2D eigenvalue weighted by atomic mass is 19.1. The molecule has 1 fully saturated rings. The van der Waals surface area contributed by atoms with Gasteiger partial charge in [0.2, 0.25) is 11.8 Å². The van der Waals surface area contributed by atoms with Crippen LogP contribution in [0.25, 0.3) is 0 Å². The van der Waals surface area contributed by atoms with Gasteiger partial charge in [-0.2, -0.15) is 0 Å². The Morgan fingerprint density at radius 2 is 1.96 bits per heavy atom. The highest BCUT2D eigenvalue weighted by Crippen LogP contribution is 2.21. The molecule has 1 aromatic carbocycles. The minimum absolute atomic E-state index is 0.281. The van der Waals surface area contributed by atoms with E-state index in [1.807, 2.05) is 0 Å². The number of amides is 2. The molecule has 0 radical (unpaired) electrons. The number of ether oxygens (including phenoxy) is 1. The van der Waals surface area contributed by atoms with Crippen molar-refractivity contribution in [2.75, 3.05) is 0 Å². The minimum Gasteiger partial charge on any atom is -0.388 e. The van der Waals surface area contributed by atoms with Gasteiger partial charge in [-0.1, -0.05) is 12.1 Å². The molecule has 23 heavy (non-hydrogen) atoms. The average Bonchev–Trinajstić information content (AvgIpc) is 2.97. The lowest BCUT2D eigenvalue weighted by Gasteiger charge is -2.20. The second kappa shape index (κ2) is 7.52. The van der Waals surface area contributed by atoms with Crippen LogP contribution in [0.15, 0.2) is 24.3 Å². The van der Waals surface area contributed by atoms with Crippen molar-refractivity contribution in [2.24, 2.45) is 5.73 Å². The zero-order chi connectivity index (χ0) is 17.0. The molecule has 1 aromatic rings. The maximum absolute atomic E-state index is 12.9. The Labute approximate surface area is 133 Å². The summed E-state index contributed by atoms with van der Waals surface area (Å²) in [5.74, 6) is -1.27. The van der Waals surface area contributed by atoms with Crippen molar-refractivity contribution < 1.29 is 23.8 Å². The van der Waals surface area contributed by atoms with E-state index in [2.05, 4.69) is 5.32 Å². The fraction of sp³-hybridized carbons (Fsp3) is 0.500. The molecule has 2 rings (SSSR count). The first-order valence-corrected chi connectivity index (χ1v) is 7.55. The van der Waals surface area contributed by atoms with Crippen LogP contribution in [0.3, 0.4) is 0 Å². The second-order valence-electron chi connectivity index (χ2n) is 5.81. The number of rotatable bonds is 6. The van der Waals surface area contributed by atoms with Crippen LogP contribution in [-0.2, 0) is 14.3 Å². The smallest absolute Gasteiger partial charge is 0.249 e. The molecule has 4 N–H and O–H groups in total. The van der Waals surface area contributed by atoms with Crippen LogP contribution in [0.1, 0.15) is 37.9 Å². The number of hydrogen-bond donors (Lipinski definition) is 3. The van der Waals surface area contributed by atoms with Gasteiger partial charge in [0.1, 0.15) is 18.0 Å². The lowest BCUT2D eigenvalue weighted by Crippen LogP contribution is -2.41. The van der Waals surface area contributed by atoms with Crippen LogP contribution in [-0.4, -0.2) is 35.2 Å². The maximum Gasteiger partial charge on any atom is 0.249 e. The van der Waals surface area contributed by atoms with Crippen molar-refractivity contribution in [3.05, 3.63) is 35.6 Å². The largest absolute Gasteiger partial charge is 0.388 e. The summed E-state index contributed by atoms with van der Waals surface area (Å²) in [4.78, 5) is 23.1. The van der Waals surface area contributed by atoms with E-state index >= 15 is 0 Å². The van der Waals surface area contributed by atoms with Crippen molar-refractivity contribution in [2.45, 2.75) is 50.5 Å². The van der Waals surface area contributed by atoms with Crippen LogP contribution < -0.4 is 11.1 Å². The van der Waals surface area contributed by atoms with Crippen molar-refractivity contribution in [3.63, 3.8) is 0 Å². The number of aliphatic hydroxyl groups is 1. The monoisotopic (exact) mass is 324 g/mol. The Morgan fingerprint density at radius 3 is 2.52 bits per heavy atom. The van der Waals surface area contributed by atoms with Crippen LogP contribution in [0, 0.1) is 5.82 Å². The van der Waals surface area contributed by atoms with Gasteiger partial charge < -0.3 is 20.9 Å². The van der Waals surface area contributed by atoms with Crippen LogP contribution in [0.2, 0.25) is 0 Å². The van der Waals surface area contributed by atoms with E-state index in [-0.39, 0.29) is 24.2 Å². The van der Waals surface area contributed by atoms with Crippen molar-refractivity contribution in [3.8, 4) is 0 Å². The highest BCUT2D eigenvalue weighted by Gasteiger charge is 2.34. The molecule has 6 nitrogen and oxygen atoms in total. The summed E-state index contributed by atoms with van der Waals surface area (Å²) in [6, 6.07) is 5.26. The van der Waals surface area contributed by atoms with Crippen LogP contribution in [0.4, 0.5) is 4.39 Å². The fourth-order valence-electron chi connectivity index (χ4n) is 2.59. The van der Waals surface area contributed by atoms with Gasteiger partial charge in [0.15, 0.2) is 0 Å². The minimum atomic E-state index is -0.811. The zero-order valence-electron chi connectivity index (χ0n) is 12.9. The summed E-state index contributed by atoms with van der Waals surface area (Å²) in [6.07, 6.45) is -1.08. The van der Waals surface area contributed by atoms with Crippen LogP contribution in [0.5, 0.6) is 0 Å². The van der Waals surface area contributed by atoms with E-state index in [1.54, 1.807) is 6.92 Å². The normalized spacial score (nSPS) is 23.3. The molecule has 4 atom stereocenters. The first-order valence-electron chi connectivity index (χ1n) is 7.55. The molecule has 0 unspecified atom stereocenters. The molecule has 1 aliphatic heterocycles. The van der Waals surface area contributed by atoms with E-state index in [0.717, 1.165) is 0 Å². The molecule has 0 saturated carbocycles. The third-order valence-corrected chi connectivity index (χ3v) is 3.85. The lowest BCUT2D eigenvalue weighted by atomic mass is 10.0. The maximum atomic E-state index is 12.9. The molecule has 0 aliphatic carbocycles. The third kappa shape index (κ3) is 4.74. The molecule has 1 aliphatic rings. The van der Waals surface area contributed by atoms with Gasteiger partial charge >= 0.3 is 0 Å². The van der Waals surface area contributed by atoms with E-state index in [1.165, 1.54) is 24.3 Å². The van der Waals surface area contributed by atoms with Gasteiger partial charge in [-0.05, 0) is 43.9 Å². The molecule has 2 amide bonds. The van der Waals surface area contributed by atoms with Gasteiger partial charge in [-0.25, -0.2) is 4.39 Å². The number of primary amides is 1.